The van der Waals surface area contributed by atoms with E-state index in [0.717, 1.165) is 4.90 Å². The van der Waals surface area contributed by atoms with Crippen LogP contribution in [0.15, 0.2) is 75.6 Å². The monoisotopic (exact) mass is 624 g/mol. The predicted octanol–water partition coefficient (Wildman–Crippen LogP) is 5.20. The Morgan fingerprint density at radius 3 is 2.14 bits per heavy atom. The minimum absolute atomic E-state index is 0.00642. The van der Waals surface area contributed by atoms with Crippen molar-refractivity contribution in [2.24, 2.45) is 0 Å². The number of barbiturate groups is 1. The predicted molar refractivity (Wildman–Crippen MR) is 140 cm³/mol. The smallest absolute Gasteiger partial charge is 0.339 e. The molecule has 4 rings (SSSR count). The van der Waals surface area contributed by atoms with Crippen molar-refractivity contribution in [2.75, 3.05) is 12.0 Å². The van der Waals surface area contributed by atoms with E-state index in [0.29, 0.717) is 10.0 Å². The third-order valence-electron chi connectivity index (χ3n) is 5.04. The lowest BCUT2D eigenvalue weighted by Gasteiger charge is -2.26. The van der Waals surface area contributed by atoms with Gasteiger partial charge in [-0.1, -0.05) is 23.2 Å². The van der Waals surface area contributed by atoms with Crippen LogP contribution in [-0.4, -0.2) is 33.4 Å². The topological polar surface area (TPSA) is 119 Å². The Morgan fingerprint density at radius 1 is 0.946 bits per heavy atom. The number of ether oxygens (including phenoxy) is 1. The van der Waals surface area contributed by atoms with Gasteiger partial charge >= 0.3 is 16.1 Å². The first-order chi connectivity index (χ1) is 17.5. The maximum atomic E-state index is 13.1. The zero-order valence-corrected chi connectivity index (χ0v) is 22.6. The van der Waals surface area contributed by atoms with Gasteiger partial charge in [-0.15, -0.1) is 0 Å². The van der Waals surface area contributed by atoms with E-state index in [2.05, 4.69) is 21.2 Å². The molecule has 0 unspecified atom stereocenters. The average Bonchev–Trinajstić information content (AvgIpc) is 2.84. The van der Waals surface area contributed by atoms with Crippen molar-refractivity contribution in [3.05, 3.63) is 86.3 Å². The van der Waals surface area contributed by atoms with Gasteiger partial charge in [-0.3, -0.25) is 14.9 Å². The highest BCUT2D eigenvalue weighted by Crippen LogP contribution is 2.39. The Balaban J connectivity index is 1.69. The molecule has 13 heteroatoms. The molecule has 0 radical (unpaired) electrons. The molecular weight excluding hydrogens is 611 g/mol. The number of anilines is 1. The molecule has 0 saturated carbocycles. The fourth-order valence-electron chi connectivity index (χ4n) is 3.31. The van der Waals surface area contributed by atoms with E-state index < -0.39 is 28.0 Å². The van der Waals surface area contributed by atoms with Gasteiger partial charge in [0.25, 0.3) is 11.8 Å². The number of nitrogens with one attached hydrogen (secondary N) is 1. The number of benzene rings is 3. The van der Waals surface area contributed by atoms with Crippen LogP contribution in [0.4, 0.5) is 10.5 Å². The number of imide groups is 2. The lowest BCUT2D eigenvalue weighted by Crippen LogP contribution is -2.54. The lowest BCUT2D eigenvalue weighted by molar-refractivity contribution is -0.122. The van der Waals surface area contributed by atoms with Crippen molar-refractivity contribution in [2.45, 2.75) is 4.90 Å². The quantitative estimate of drug-likeness (QED) is 0.227. The Labute approximate surface area is 229 Å². The highest BCUT2D eigenvalue weighted by atomic mass is 79.9. The summed E-state index contributed by atoms with van der Waals surface area (Å²) in [7, 11) is -2.95. The standard InChI is InChI=1S/C24H15BrCl2N2O7S/c1-35-20-12-13(11-19(25)21(20)36-37(33,34)17-8-4-15(27)5-9-17)10-18-22(30)28-24(32)29(23(18)31)16-6-2-14(26)3-7-16/h2-12H,1H3,(H,28,30,32)/b18-10+. The summed E-state index contributed by atoms with van der Waals surface area (Å²) in [6, 6.07) is 13.2. The first-order valence-corrected chi connectivity index (χ1v) is 13.2. The first-order valence-electron chi connectivity index (χ1n) is 10.2. The Morgan fingerprint density at radius 2 is 1.54 bits per heavy atom. The average molecular weight is 626 g/mol. The highest BCUT2D eigenvalue weighted by molar-refractivity contribution is 9.10. The molecule has 4 amide bonds. The van der Waals surface area contributed by atoms with E-state index in [-0.39, 0.29) is 37.7 Å². The first kappa shape index (κ1) is 26.7. The summed E-state index contributed by atoms with van der Waals surface area (Å²) in [5.74, 6) is -1.93. The molecule has 3 aromatic rings. The summed E-state index contributed by atoms with van der Waals surface area (Å²) in [6.07, 6.45) is 1.23. The van der Waals surface area contributed by atoms with Gasteiger partial charge in [-0.25, -0.2) is 9.69 Å². The van der Waals surface area contributed by atoms with Crippen molar-refractivity contribution in [1.82, 2.24) is 5.32 Å². The van der Waals surface area contributed by atoms with Gasteiger partial charge in [0.1, 0.15) is 10.5 Å². The largest absolute Gasteiger partial charge is 0.493 e. The van der Waals surface area contributed by atoms with Crippen molar-refractivity contribution in [3.63, 3.8) is 0 Å². The van der Waals surface area contributed by atoms with E-state index in [1.165, 1.54) is 73.8 Å². The number of carbonyl (C=O) groups is 3. The zero-order chi connectivity index (χ0) is 26.9. The van der Waals surface area contributed by atoms with Crippen molar-refractivity contribution < 1.29 is 31.7 Å². The molecule has 1 fully saturated rings. The van der Waals surface area contributed by atoms with Crippen LogP contribution in [0.25, 0.3) is 6.08 Å². The van der Waals surface area contributed by atoms with Gasteiger partial charge in [0, 0.05) is 10.0 Å². The molecular formula is C24H15BrCl2N2O7S. The molecule has 1 heterocycles. The molecule has 0 atom stereocenters. The van der Waals surface area contributed by atoms with Crippen molar-refractivity contribution in [1.29, 1.82) is 0 Å². The van der Waals surface area contributed by atoms with Crippen LogP contribution >= 0.6 is 39.1 Å². The van der Waals surface area contributed by atoms with Crippen LogP contribution in [0.3, 0.4) is 0 Å². The number of halogens is 3. The van der Waals surface area contributed by atoms with Gasteiger partial charge in [0.15, 0.2) is 11.5 Å². The third-order valence-corrected chi connectivity index (χ3v) is 7.37. The fraction of sp³-hybridized carbons (Fsp3) is 0.0417. The maximum absolute atomic E-state index is 13.1. The van der Waals surface area contributed by atoms with Crippen molar-refractivity contribution >= 4 is 78.9 Å². The molecule has 190 valence electrons. The summed E-state index contributed by atoms with van der Waals surface area (Å²) in [5.41, 5.74) is 0.148. The summed E-state index contributed by atoms with van der Waals surface area (Å²) >= 11 is 15.0. The molecule has 1 aliphatic heterocycles. The second kappa shape index (κ2) is 10.5. The van der Waals surface area contributed by atoms with Crippen LogP contribution in [0.5, 0.6) is 11.5 Å². The fourth-order valence-corrected chi connectivity index (χ4v) is 5.17. The van der Waals surface area contributed by atoms with E-state index in [1.54, 1.807) is 0 Å². The van der Waals surface area contributed by atoms with Crippen LogP contribution in [0, 0.1) is 0 Å². The second-order valence-corrected chi connectivity index (χ2v) is 10.7. The number of hydrogen-bond donors (Lipinski definition) is 1. The molecule has 1 saturated heterocycles. The van der Waals surface area contributed by atoms with Gasteiger partial charge in [0.2, 0.25) is 0 Å². The third kappa shape index (κ3) is 5.64. The van der Waals surface area contributed by atoms with E-state index in [9.17, 15) is 22.8 Å². The summed E-state index contributed by atoms with van der Waals surface area (Å²) in [6.45, 7) is 0. The molecule has 0 spiro atoms. The van der Waals surface area contributed by atoms with Crippen LogP contribution in [0.2, 0.25) is 10.0 Å². The Bertz CT molecular complexity index is 1560. The molecule has 9 nitrogen and oxygen atoms in total. The number of methoxy groups -OCH3 is 1. The number of urea groups is 1. The highest BCUT2D eigenvalue weighted by Gasteiger charge is 2.37. The summed E-state index contributed by atoms with van der Waals surface area (Å²) in [5, 5.41) is 2.88. The van der Waals surface area contributed by atoms with Crippen LogP contribution in [0.1, 0.15) is 5.56 Å². The van der Waals surface area contributed by atoms with Gasteiger partial charge in [0.05, 0.1) is 17.3 Å². The van der Waals surface area contributed by atoms with Crippen LogP contribution < -0.4 is 19.1 Å². The van der Waals surface area contributed by atoms with E-state index >= 15 is 0 Å². The lowest BCUT2D eigenvalue weighted by atomic mass is 10.1. The molecule has 37 heavy (non-hydrogen) atoms. The normalized spacial score (nSPS) is 15.1. The number of rotatable bonds is 6. The Kier molecular flexibility index (Phi) is 7.60. The minimum Gasteiger partial charge on any atom is -0.493 e. The van der Waals surface area contributed by atoms with E-state index in [1.807, 2.05) is 0 Å². The number of amides is 4. The molecule has 1 N–H and O–H groups in total. The molecule has 3 aromatic carbocycles. The number of carbonyl (C=O) groups excluding carboxylic acids is 3. The van der Waals surface area contributed by atoms with Gasteiger partial charge in [-0.2, -0.15) is 8.42 Å². The summed E-state index contributed by atoms with van der Waals surface area (Å²) < 4.78 is 36.2. The number of nitrogens with zero attached hydrogens (tertiary/aromatic N) is 1. The molecule has 1 aliphatic rings. The SMILES string of the molecule is COc1cc(/C=C2\C(=O)NC(=O)N(c3ccc(Cl)cc3)C2=O)cc(Br)c1OS(=O)(=O)c1ccc(Cl)cc1. The molecule has 0 bridgehead atoms. The maximum Gasteiger partial charge on any atom is 0.339 e. The van der Waals surface area contributed by atoms with Crippen LogP contribution in [-0.2, 0) is 19.7 Å². The second-order valence-electron chi connectivity index (χ2n) is 7.46. The zero-order valence-electron chi connectivity index (χ0n) is 18.7. The van der Waals surface area contributed by atoms with E-state index in [4.69, 9.17) is 32.1 Å². The minimum atomic E-state index is -4.25. The molecule has 0 aromatic heterocycles. The van der Waals surface area contributed by atoms with Gasteiger partial charge in [-0.05, 0) is 88.2 Å². The van der Waals surface area contributed by atoms with Gasteiger partial charge < -0.3 is 8.92 Å². The molecule has 0 aliphatic carbocycles. The number of hydrogen-bond acceptors (Lipinski definition) is 7. The summed E-state index contributed by atoms with van der Waals surface area (Å²) in [4.78, 5) is 38.6. The Hall–Kier alpha value is -3.38. The van der Waals surface area contributed by atoms with Crippen molar-refractivity contribution in [3.8, 4) is 11.5 Å².